The van der Waals surface area contributed by atoms with E-state index in [-0.39, 0.29) is 0 Å². The molecule has 1 atom stereocenters. The van der Waals surface area contributed by atoms with E-state index < -0.39 is 0 Å². The highest BCUT2D eigenvalue weighted by Crippen LogP contribution is 2.36. The fraction of sp³-hybridized carbons (Fsp3) is 1.00. The van der Waals surface area contributed by atoms with Gasteiger partial charge < -0.3 is 15.0 Å². The highest BCUT2D eigenvalue weighted by atomic mass is 16.5. The van der Waals surface area contributed by atoms with Crippen molar-refractivity contribution in [3.63, 3.8) is 0 Å². The molecule has 2 heterocycles. The first-order chi connectivity index (χ1) is 8.28. The van der Waals surface area contributed by atoms with Gasteiger partial charge in [0.15, 0.2) is 0 Å². The molecule has 100 valence electrons. The van der Waals surface area contributed by atoms with E-state index in [1.165, 1.54) is 51.9 Å². The molecule has 0 aromatic rings. The lowest BCUT2D eigenvalue weighted by atomic mass is 9.77. The highest BCUT2D eigenvalue weighted by molar-refractivity contribution is 4.87. The van der Waals surface area contributed by atoms with Crippen molar-refractivity contribution in [1.82, 2.24) is 10.2 Å². The van der Waals surface area contributed by atoms with Crippen molar-refractivity contribution >= 4 is 0 Å². The van der Waals surface area contributed by atoms with Gasteiger partial charge in [-0.3, -0.25) is 0 Å². The minimum Gasteiger partial charge on any atom is -0.381 e. The predicted octanol–water partition coefficient (Wildman–Crippen LogP) is 1.73. The van der Waals surface area contributed by atoms with Crippen LogP contribution in [-0.2, 0) is 4.74 Å². The smallest absolute Gasteiger partial charge is 0.0471 e. The van der Waals surface area contributed by atoms with E-state index in [2.05, 4.69) is 24.2 Å². The second-order valence-electron chi connectivity index (χ2n) is 5.91. The van der Waals surface area contributed by atoms with Gasteiger partial charge in [-0.2, -0.15) is 0 Å². The molecule has 3 nitrogen and oxygen atoms in total. The van der Waals surface area contributed by atoms with Gasteiger partial charge in [0.25, 0.3) is 0 Å². The van der Waals surface area contributed by atoms with Crippen molar-refractivity contribution in [3.05, 3.63) is 0 Å². The van der Waals surface area contributed by atoms with E-state index in [9.17, 15) is 0 Å². The van der Waals surface area contributed by atoms with Crippen molar-refractivity contribution in [2.75, 3.05) is 46.4 Å². The molecule has 2 aliphatic heterocycles. The minimum absolute atomic E-state index is 0.548. The number of hydrogen-bond donors (Lipinski definition) is 1. The second kappa shape index (κ2) is 6.17. The number of nitrogens with one attached hydrogen (secondary N) is 1. The number of rotatable bonds is 5. The van der Waals surface area contributed by atoms with Crippen LogP contribution in [0, 0.1) is 11.3 Å². The molecule has 0 spiro atoms. The van der Waals surface area contributed by atoms with E-state index in [4.69, 9.17) is 4.74 Å². The minimum atomic E-state index is 0.548. The molecular weight excluding hydrogens is 212 g/mol. The van der Waals surface area contributed by atoms with Crippen molar-refractivity contribution < 1.29 is 4.74 Å². The van der Waals surface area contributed by atoms with Crippen LogP contribution in [0.15, 0.2) is 0 Å². The van der Waals surface area contributed by atoms with E-state index in [1.54, 1.807) is 0 Å². The lowest BCUT2D eigenvalue weighted by Gasteiger charge is -2.39. The summed E-state index contributed by atoms with van der Waals surface area (Å²) < 4.78 is 5.52. The van der Waals surface area contributed by atoms with E-state index in [0.29, 0.717) is 5.41 Å². The molecule has 0 aromatic heterocycles. The summed E-state index contributed by atoms with van der Waals surface area (Å²) >= 11 is 0. The molecule has 2 saturated heterocycles. The maximum absolute atomic E-state index is 5.52. The molecule has 2 aliphatic rings. The van der Waals surface area contributed by atoms with Crippen LogP contribution in [0.2, 0.25) is 0 Å². The third-order valence-corrected chi connectivity index (χ3v) is 4.73. The average molecular weight is 240 g/mol. The highest BCUT2D eigenvalue weighted by Gasteiger charge is 2.34. The molecule has 2 fully saturated rings. The Morgan fingerprint density at radius 3 is 2.76 bits per heavy atom. The first-order valence-electron chi connectivity index (χ1n) is 7.23. The summed E-state index contributed by atoms with van der Waals surface area (Å²) in [6.07, 6.45) is 5.20. The summed E-state index contributed by atoms with van der Waals surface area (Å²) in [4.78, 5) is 2.69. The van der Waals surface area contributed by atoms with Crippen molar-refractivity contribution in [2.24, 2.45) is 11.3 Å². The van der Waals surface area contributed by atoms with Gasteiger partial charge in [-0.25, -0.2) is 0 Å². The summed E-state index contributed by atoms with van der Waals surface area (Å²) in [6.45, 7) is 9.37. The summed E-state index contributed by atoms with van der Waals surface area (Å²) in [5.41, 5.74) is 0.548. The third-order valence-electron chi connectivity index (χ3n) is 4.73. The number of likely N-dealkylation sites (tertiary alicyclic amines) is 1. The van der Waals surface area contributed by atoms with E-state index >= 15 is 0 Å². The van der Waals surface area contributed by atoms with Gasteiger partial charge in [-0.05, 0) is 57.2 Å². The quantitative estimate of drug-likeness (QED) is 0.792. The molecule has 2 rings (SSSR count). The van der Waals surface area contributed by atoms with Crippen LogP contribution in [-0.4, -0.2) is 51.3 Å². The summed E-state index contributed by atoms with van der Waals surface area (Å²) in [5, 5.41) is 3.31. The first-order valence-corrected chi connectivity index (χ1v) is 7.23. The fourth-order valence-corrected chi connectivity index (χ4v) is 3.41. The molecular formula is C14H28N2O. The first kappa shape index (κ1) is 13.3. The summed E-state index contributed by atoms with van der Waals surface area (Å²) in [6, 6.07) is 0. The average Bonchev–Trinajstić information content (AvgIpc) is 2.78. The van der Waals surface area contributed by atoms with Gasteiger partial charge in [0.2, 0.25) is 0 Å². The Bertz CT molecular complexity index is 226. The Labute approximate surface area is 106 Å². The Hall–Kier alpha value is -0.120. The van der Waals surface area contributed by atoms with Gasteiger partial charge in [-0.1, -0.05) is 6.92 Å². The molecule has 0 aliphatic carbocycles. The van der Waals surface area contributed by atoms with Crippen LogP contribution in [0.4, 0.5) is 0 Å². The van der Waals surface area contributed by atoms with Crippen molar-refractivity contribution in [1.29, 1.82) is 0 Å². The number of hydrogen-bond acceptors (Lipinski definition) is 3. The Balaban J connectivity index is 1.83. The molecule has 0 saturated carbocycles. The normalized spacial score (nSPS) is 29.6. The Morgan fingerprint density at radius 1 is 1.35 bits per heavy atom. The van der Waals surface area contributed by atoms with E-state index in [0.717, 1.165) is 19.1 Å². The van der Waals surface area contributed by atoms with Crippen LogP contribution in [0.1, 0.15) is 32.6 Å². The summed E-state index contributed by atoms with van der Waals surface area (Å²) in [5.74, 6) is 0.869. The maximum atomic E-state index is 5.52. The van der Waals surface area contributed by atoms with Gasteiger partial charge in [-0.15, -0.1) is 0 Å². The standard InChI is InChI=1S/C14H28N2O/c1-3-14(5-8-17-9-6-14)12-16-7-4-13(11-16)10-15-2/h13,15H,3-12H2,1-2H3. The molecule has 0 radical (unpaired) electrons. The van der Waals surface area contributed by atoms with Crippen LogP contribution in [0.3, 0.4) is 0 Å². The fourth-order valence-electron chi connectivity index (χ4n) is 3.41. The second-order valence-corrected chi connectivity index (χ2v) is 5.91. The van der Waals surface area contributed by atoms with Crippen molar-refractivity contribution in [3.8, 4) is 0 Å². The zero-order valence-electron chi connectivity index (χ0n) is 11.5. The topological polar surface area (TPSA) is 24.5 Å². The van der Waals surface area contributed by atoms with Crippen LogP contribution in [0.5, 0.6) is 0 Å². The van der Waals surface area contributed by atoms with Gasteiger partial charge in [0.05, 0.1) is 0 Å². The molecule has 0 aromatic carbocycles. The molecule has 3 heteroatoms. The van der Waals surface area contributed by atoms with Crippen LogP contribution < -0.4 is 5.32 Å². The molecule has 1 unspecified atom stereocenters. The zero-order chi connectivity index (χ0) is 12.1. The van der Waals surface area contributed by atoms with Crippen LogP contribution >= 0.6 is 0 Å². The van der Waals surface area contributed by atoms with Crippen molar-refractivity contribution in [2.45, 2.75) is 32.6 Å². The Kier molecular flexibility index (Phi) is 4.83. The molecule has 17 heavy (non-hydrogen) atoms. The largest absolute Gasteiger partial charge is 0.381 e. The number of ether oxygens (including phenoxy) is 1. The van der Waals surface area contributed by atoms with Gasteiger partial charge in [0.1, 0.15) is 0 Å². The SMILES string of the molecule is CCC1(CN2CCC(CNC)C2)CCOCC1. The maximum Gasteiger partial charge on any atom is 0.0471 e. The van der Waals surface area contributed by atoms with Gasteiger partial charge in [0, 0.05) is 26.3 Å². The van der Waals surface area contributed by atoms with Crippen LogP contribution in [0.25, 0.3) is 0 Å². The Morgan fingerprint density at radius 2 is 2.12 bits per heavy atom. The lowest BCUT2D eigenvalue weighted by molar-refractivity contribution is -0.00393. The molecule has 1 N–H and O–H groups in total. The molecule has 0 bridgehead atoms. The van der Waals surface area contributed by atoms with Gasteiger partial charge >= 0.3 is 0 Å². The lowest BCUT2D eigenvalue weighted by Crippen LogP contribution is -2.40. The zero-order valence-corrected chi connectivity index (χ0v) is 11.5. The molecule has 0 amide bonds. The third kappa shape index (κ3) is 3.43. The summed E-state index contributed by atoms with van der Waals surface area (Å²) in [7, 11) is 2.06. The number of nitrogens with zero attached hydrogens (tertiary/aromatic N) is 1. The predicted molar refractivity (Wildman–Crippen MR) is 71.3 cm³/mol. The van der Waals surface area contributed by atoms with E-state index in [1.807, 2.05) is 0 Å². The monoisotopic (exact) mass is 240 g/mol.